The van der Waals surface area contributed by atoms with Gasteiger partial charge in [-0.3, -0.25) is 25.0 Å². The number of nitro groups is 2. The lowest BCUT2D eigenvalue weighted by Gasteiger charge is -2.06. The molecule has 0 aliphatic rings. The number of rotatable bonds is 8. The molecular formula is C21H15BrN4O6. The van der Waals surface area contributed by atoms with Gasteiger partial charge in [-0.1, -0.05) is 28.1 Å². The first kappa shape index (κ1) is 22.6. The second kappa shape index (κ2) is 10.3. The third-order valence-electron chi connectivity index (χ3n) is 4.14. The summed E-state index contributed by atoms with van der Waals surface area (Å²) in [5.41, 5.74) is 3.02. The minimum Gasteiger partial charge on any atom is -0.450 e. The van der Waals surface area contributed by atoms with Gasteiger partial charge in [-0.25, -0.2) is 5.43 Å². The number of non-ortho nitro benzene ring substituents is 1. The SMILES string of the molecule is O=C(Cc1ccc(Br)cc1)N/N=C\c1ccc(Oc2ccc([N+](=O)[O-])cc2[N+](=O)[O-])cc1. The van der Waals surface area contributed by atoms with Crippen LogP contribution in [0.15, 0.2) is 76.3 Å². The summed E-state index contributed by atoms with van der Waals surface area (Å²) in [5, 5.41) is 25.9. The van der Waals surface area contributed by atoms with E-state index in [1.165, 1.54) is 12.3 Å². The molecule has 0 unspecified atom stereocenters. The van der Waals surface area contributed by atoms with Crippen molar-refractivity contribution in [1.29, 1.82) is 0 Å². The number of carbonyl (C=O) groups excluding carboxylic acids is 1. The van der Waals surface area contributed by atoms with E-state index in [9.17, 15) is 25.0 Å². The molecule has 0 saturated carbocycles. The summed E-state index contributed by atoms with van der Waals surface area (Å²) in [6, 6.07) is 16.9. The molecule has 1 N–H and O–H groups in total. The molecule has 162 valence electrons. The van der Waals surface area contributed by atoms with Crippen LogP contribution in [0.2, 0.25) is 0 Å². The fraction of sp³-hybridized carbons (Fsp3) is 0.0476. The number of ether oxygens (including phenoxy) is 1. The van der Waals surface area contributed by atoms with Gasteiger partial charge in [-0.15, -0.1) is 0 Å². The van der Waals surface area contributed by atoms with E-state index >= 15 is 0 Å². The van der Waals surface area contributed by atoms with Crippen molar-refractivity contribution in [2.24, 2.45) is 5.10 Å². The molecule has 0 aliphatic heterocycles. The molecule has 1 amide bonds. The molecule has 11 heteroatoms. The van der Waals surface area contributed by atoms with Crippen LogP contribution < -0.4 is 10.2 Å². The molecule has 0 radical (unpaired) electrons. The molecule has 10 nitrogen and oxygen atoms in total. The van der Waals surface area contributed by atoms with Crippen molar-refractivity contribution in [3.63, 3.8) is 0 Å². The zero-order valence-electron chi connectivity index (χ0n) is 16.3. The lowest BCUT2D eigenvalue weighted by Crippen LogP contribution is -2.19. The normalized spacial score (nSPS) is 10.7. The predicted octanol–water partition coefficient (Wildman–Crippen LogP) is 4.75. The maximum Gasteiger partial charge on any atom is 0.318 e. The Morgan fingerprint density at radius 3 is 2.31 bits per heavy atom. The maximum atomic E-state index is 11.9. The Balaban J connectivity index is 1.60. The highest BCUT2D eigenvalue weighted by Gasteiger charge is 2.21. The number of amides is 1. The van der Waals surface area contributed by atoms with Gasteiger partial charge >= 0.3 is 5.69 Å². The van der Waals surface area contributed by atoms with Crippen LogP contribution in [0, 0.1) is 20.2 Å². The fourth-order valence-corrected chi connectivity index (χ4v) is 2.87. The van der Waals surface area contributed by atoms with E-state index < -0.39 is 21.2 Å². The molecule has 32 heavy (non-hydrogen) atoms. The van der Waals surface area contributed by atoms with E-state index in [1.54, 1.807) is 24.3 Å². The Morgan fingerprint density at radius 1 is 1.00 bits per heavy atom. The molecule has 0 atom stereocenters. The van der Waals surface area contributed by atoms with E-state index in [0.717, 1.165) is 22.2 Å². The Hall–Kier alpha value is -4.12. The molecule has 0 fully saturated rings. The third kappa shape index (κ3) is 6.19. The average Bonchev–Trinajstić information content (AvgIpc) is 2.76. The van der Waals surface area contributed by atoms with E-state index in [-0.39, 0.29) is 18.1 Å². The van der Waals surface area contributed by atoms with Crippen molar-refractivity contribution < 1.29 is 19.4 Å². The Kier molecular flexibility index (Phi) is 7.24. The molecule has 0 aromatic heterocycles. The molecule has 3 aromatic carbocycles. The van der Waals surface area contributed by atoms with Crippen molar-refractivity contribution in [2.75, 3.05) is 0 Å². The number of nitrogens with one attached hydrogen (secondary N) is 1. The number of hydrogen-bond donors (Lipinski definition) is 1. The third-order valence-corrected chi connectivity index (χ3v) is 4.67. The Morgan fingerprint density at radius 2 is 1.69 bits per heavy atom. The first-order valence-electron chi connectivity index (χ1n) is 9.09. The molecule has 0 bridgehead atoms. The number of nitro benzene ring substituents is 2. The molecule has 0 aliphatic carbocycles. The van der Waals surface area contributed by atoms with Crippen molar-refractivity contribution in [1.82, 2.24) is 5.43 Å². The van der Waals surface area contributed by atoms with E-state index in [0.29, 0.717) is 11.3 Å². The number of benzene rings is 3. The lowest BCUT2D eigenvalue weighted by molar-refractivity contribution is -0.394. The number of carbonyl (C=O) groups is 1. The average molecular weight is 499 g/mol. The van der Waals surface area contributed by atoms with Crippen LogP contribution >= 0.6 is 15.9 Å². The highest BCUT2D eigenvalue weighted by Crippen LogP contribution is 2.34. The number of nitrogens with zero attached hydrogens (tertiary/aromatic N) is 3. The summed E-state index contributed by atoms with van der Waals surface area (Å²) in [7, 11) is 0. The van der Waals surface area contributed by atoms with Gasteiger partial charge in [-0.05, 0) is 53.6 Å². The Bertz CT molecular complexity index is 1180. The van der Waals surface area contributed by atoms with E-state index in [2.05, 4.69) is 26.5 Å². The summed E-state index contributed by atoms with van der Waals surface area (Å²) in [6.07, 6.45) is 1.63. The van der Waals surface area contributed by atoms with Gasteiger partial charge in [0, 0.05) is 10.5 Å². The van der Waals surface area contributed by atoms with Crippen LogP contribution in [0.25, 0.3) is 0 Å². The van der Waals surface area contributed by atoms with E-state index in [1.807, 2.05) is 24.3 Å². The zero-order chi connectivity index (χ0) is 23.1. The number of hydrazone groups is 1. The molecular weight excluding hydrogens is 484 g/mol. The van der Waals surface area contributed by atoms with Crippen LogP contribution in [-0.4, -0.2) is 22.0 Å². The van der Waals surface area contributed by atoms with Gasteiger partial charge in [0.1, 0.15) is 5.75 Å². The maximum absolute atomic E-state index is 11.9. The molecule has 3 aromatic rings. The number of halogens is 1. The highest BCUT2D eigenvalue weighted by atomic mass is 79.9. The second-order valence-corrected chi connectivity index (χ2v) is 7.35. The van der Waals surface area contributed by atoms with Gasteiger partial charge < -0.3 is 4.74 Å². The first-order chi connectivity index (χ1) is 15.3. The van der Waals surface area contributed by atoms with Crippen LogP contribution in [0.1, 0.15) is 11.1 Å². The van der Waals surface area contributed by atoms with Crippen LogP contribution in [-0.2, 0) is 11.2 Å². The Labute approximate surface area is 190 Å². The summed E-state index contributed by atoms with van der Waals surface area (Å²) in [5.74, 6) is -0.102. The summed E-state index contributed by atoms with van der Waals surface area (Å²) in [6.45, 7) is 0. The molecule has 3 rings (SSSR count). The van der Waals surface area contributed by atoms with Crippen molar-refractivity contribution in [3.05, 3.63) is 103 Å². The van der Waals surface area contributed by atoms with Crippen molar-refractivity contribution >= 4 is 39.4 Å². The van der Waals surface area contributed by atoms with Gasteiger partial charge in [0.25, 0.3) is 5.69 Å². The van der Waals surface area contributed by atoms with Gasteiger partial charge in [0.15, 0.2) is 0 Å². The highest BCUT2D eigenvalue weighted by molar-refractivity contribution is 9.10. The molecule has 0 saturated heterocycles. The van der Waals surface area contributed by atoms with E-state index in [4.69, 9.17) is 4.74 Å². The summed E-state index contributed by atoms with van der Waals surface area (Å²) >= 11 is 3.33. The van der Waals surface area contributed by atoms with Crippen LogP contribution in [0.4, 0.5) is 11.4 Å². The van der Waals surface area contributed by atoms with Gasteiger partial charge in [-0.2, -0.15) is 5.10 Å². The van der Waals surface area contributed by atoms with Crippen LogP contribution in [0.3, 0.4) is 0 Å². The zero-order valence-corrected chi connectivity index (χ0v) is 17.9. The second-order valence-electron chi connectivity index (χ2n) is 6.43. The topological polar surface area (TPSA) is 137 Å². The summed E-state index contributed by atoms with van der Waals surface area (Å²) < 4.78 is 6.42. The minimum absolute atomic E-state index is 0.123. The van der Waals surface area contributed by atoms with Gasteiger partial charge in [0.05, 0.1) is 28.5 Å². The minimum atomic E-state index is -0.750. The van der Waals surface area contributed by atoms with Crippen molar-refractivity contribution in [3.8, 4) is 11.5 Å². The summed E-state index contributed by atoms with van der Waals surface area (Å²) in [4.78, 5) is 32.5. The van der Waals surface area contributed by atoms with Crippen molar-refractivity contribution in [2.45, 2.75) is 6.42 Å². The van der Waals surface area contributed by atoms with Gasteiger partial charge in [0.2, 0.25) is 11.7 Å². The largest absolute Gasteiger partial charge is 0.450 e. The number of hydrogen-bond acceptors (Lipinski definition) is 7. The first-order valence-corrected chi connectivity index (χ1v) is 9.88. The van der Waals surface area contributed by atoms with Crippen LogP contribution in [0.5, 0.6) is 11.5 Å². The fourth-order valence-electron chi connectivity index (χ4n) is 2.60. The standard InChI is InChI=1S/C21H15BrN4O6/c22-16-5-1-14(2-6-16)11-21(27)24-23-13-15-3-8-18(9-4-15)32-20-10-7-17(25(28)29)12-19(20)26(30)31/h1-10,12-13H,11H2,(H,24,27)/b23-13-. The monoisotopic (exact) mass is 498 g/mol. The predicted molar refractivity (Wildman–Crippen MR) is 120 cm³/mol. The molecule has 0 spiro atoms. The lowest BCUT2D eigenvalue weighted by atomic mass is 10.1. The smallest absolute Gasteiger partial charge is 0.318 e. The molecule has 0 heterocycles. The quantitative estimate of drug-likeness (QED) is 0.270.